The van der Waals surface area contributed by atoms with Crippen LogP contribution in [0.5, 0.6) is 0 Å². The van der Waals surface area contributed by atoms with Crippen molar-refractivity contribution in [1.29, 1.82) is 0 Å². The second kappa shape index (κ2) is 4.05. The molecule has 0 saturated carbocycles. The molecule has 5 heteroatoms. The van der Waals surface area contributed by atoms with Gasteiger partial charge in [0.25, 0.3) is 0 Å². The maximum absolute atomic E-state index is 11.9. The maximum atomic E-state index is 11.9. The smallest absolute Gasteiger partial charge is 0.410 e. The molecule has 0 aromatic carbocycles. The summed E-state index contributed by atoms with van der Waals surface area (Å²) in [5, 5.41) is 4.20. The SMILES string of the molecule is Cn1ncc2c1CCN(C(=O)OC(C)(C)C)C2. The number of hydrogen-bond acceptors (Lipinski definition) is 3. The van der Waals surface area contributed by atoms with Crippen molar-refractivity contribution in [2.45, 2.75) is 39.3 Å². The van der Waals surface area contributed by atoms with Crippen molar-refractivity contribution >= 4 is 6.09 Å². The quantitative estimate of drug-likeness (QED) is 0.690. The Morgan fingerprint density at radius 2 is 2.18 bits per heavy atom. The van der Waals surface area contributed by atoms with Crippen molar-refractivity contribution in [1.82, 2.24) is 14.7 Å². The summed E-state index contributed by atoms with van der Waals surface area (Å²) in [5.41, 5.74) is 1.89. The van der Waals surface area contributed by atoms with Gasteiger partial charge in [-0.25, -0.2) is 4.79 Å². The summed E-state index contributed by atoms with van der Waals surface area (Å²) >= 11 is 0. The molecule has 1 aromatic heterocycles. The maximum Gasteiger partial charge on any atom is 0.410 e. The number of fused-ring (bicyclic) bond motifs is 1. The summed E-state index contributed by atoms with van der Waals surface area (Å²) in [6.07, 6.45) is 2.42. The molecule has 0 radical (unpaired) electrons. The zero-order chi connectivity index (χ0) is 12.6. The number of carbonyl (C=O) groups excluding carboxylic acids is 1. The first-order valence-electron chi connectivity index (χ1n) is 5.84. The molecule has 94 valence electrons. The van der Waals surface area contributed by atoms with Crippen molar-refractivity contribution in [2.75, 3.05) is 6.54 Å². The Labute approximate surface area is 101 Å². The fraction of sp³-hybridized carbons (Fsp3) is 0.667. The van der Waals surface area contributed by atoms with E-state index in [1.807, 2.05) is 38.7 Å². The van der Waals surface area contributed by atoms with Crippen LogP contribution in [0.3, 0.4) is 0 Å². The summed E-state index contributed by atoms with van der Waals surface area (Å²) in [6.45, 7) is 6.93. The van der Waals surface area contributed by atoms with E-state index in [4.69, 9.17) is 4.74 Å². The first-order valence-corrected chi connectivity index (χ1v) is 5.84. The monoisotopic (exact) mass is 237 g/mol. The summed E-state index contributed by atoms with van der Waals surface area (Å²) in [7, 11) is 1.93. The fourth-order valence-corrected chi connectivity index (χ4v) is 1.97. The molecular weight excluding hydrogens is 218 g/mol. The standard InChI is InChI=1S/C12H19N3O2/c1-12(2,3)17-11(16)15-6-5-10-9(8-15)7-13-14(10)4/h7H,5-6,8H2,1-4H3. The Morgan fingerprint density at radius 3 is 2.82 bits per heavy atom. The molecule has 1 aliphatic rings. The van der Waals surface area contributed by atoms with E-state index in [1.54, 1.807) is 4.90 Å². The van der Waals surface area contributed by atoms with Crippen LogP contribution in [0.25, 0.3) is 0 Å². The van der Waals surface area contributed by atoms with E-state index in [0.717, 1.165) is 12.0 Å². The molecule has 1 amide bonds. The van der Waals surface area contributed by atoms with Gasteiger partial charge in [-0.05, 0) is 20.8 Å². The predicted octanol–water partition coefficient (Wildman–Crippen LogP) is 1.71. The first-order chi connectivity index (χ1) is 7.87. The Hall–Kier alpha value is -1.52. The summed E-state index contributed by atoms with van der Waals surface area (Å²) in [6, 6.07) is 0. The van der Waals surface area contributed by atoms with Gasteiger partial charge in [0.1, 0.15) is 5.60 Å². The van der Waals surface area contributed by atoms with Crippen LogP contribution in [0.15, 0.2) is 6.20 Å². The van der Waals surface area contributed by atoms with E-state index < -0.39 is 5.60 Å². The number of ether oxygens (including phenoxy) is 1. The molecule has 17 heavy (non-hydrogen) atoms. The molecule has 0 unspecified atom stereocenters. The topological polar surface area (TPSA) is 47.4 Å². The molecule has 0 aliphatic carbocycles. The number of hydrogen-bond donors (Lipinski definition) is 0. The molecule has 2 heterocycles. The molecular formula is C12H19N3O2. The molecule has 0 N–H and O–H groups in total. The van der Waals surface area contributed by atoms with E-state index in [2.05, 4.69) is 5.10 Å². The Balaban J connectivity index is 2.05. The molecule has 0 spiro atoms. The number of aromatic nitrogens is 2. The van der Waals surface area contributed by atoms with Gasteiger partial charge in [0.15, 0.2) is 0 Å². The number of carbonyl (C=O) groups is 1. The van der Waals surface area contributed by atoms with Gasteiger partial charge in [-0.15, -0.1) is 0 Å². The van der Waals surface area contributed by atoms with Crippen LogP contribution in [0, 0.1) is 0 Å². The third kappa shape index (κ3) is 2.60. The van der Waals surface area contributed by atoms with Gasteiger partial charge in [0.2, 0.25) is 0 Å². The van der Waals surface area contributed by atoms with Gasteiger partial charge in [-0.2, -0.15) is 5.10 Å². The zero-order valence-electron chi connectivity index (χ0n) is 10.9. The lowest BCUT2D eigenvalue weighted by atomic mass is 10.1. The highest BCUT2D eigenvalue weighted by molar-refractivity contribution is 5.68. The van der Waals surface area contributed by atoms with Gasteiger partial charge in [-0.1, -0.05) is 0 Å². The van der Waals surface area contributed by atoms with Gasteiger partial charge in [-0.3, -0.25) is 4.68 Å². The number of rotatable bonds is 0. The lowest BCUT2D eigenvalue weighted by molar-refractivity contribution is 0.0222. The fourth-order valence-electron chi connectivity index (χ4n) is 1.97. The van der Waals surface area contributed by atoms with Gasteiger partial charge >= 0.3 is 6.09 Å². The summed E-state index contributed by atoms with van der Waals surface area (Å²) < 4.78 is 7.24. The third-order valence-electron chi connectivity index (χ3n) is 2.78. The van der Waals surface area contributed by atoms with Crippen molar-refractivity contribution in [3.8, 4) is 0 Å². The van der Waals surface area contributed by atoms with Crippen LogP contribution < -0.4 is 0 Å². The van der Waals surface area contributed by atoms with Crippen molar-refractivity contribution in [2.24, 2.45) is 7.05 Å². The van der Waals surface area contributed by atoms with Gasteiger partial charge in [0, 0.05) is 31.3 Å². The van der Waals surface area contributed by atoms with E-state index in [9.17, 15) is 4.79 Å². The average molecular weight is 237 g/mol. The normalized spacial score (nSPS) is 15.6. The van der Waals surface area contributed by atoms with Crippen molar-refractivity contribution < 1.29 is 9.53 Å². The van der Waals surface area contributed by atoms with Crippen molar-refractivity contribution in [3.63, 3.8) is 0 Å². The lowest BCUT2D eigenvalue weighted by Gasteiger charge is -2.30. The van der Waals surface area contributed by atoms with Crippen LogP contribution in [-0.4, -0.2) is 32.9 Å². The highest BCUT2D eigenvalue weighted by Crippen LogP contribution is 2.20. The molecule has 1 aromatic rings. The van der Waals surface area contributed by atoms with E-state index in [-0.39, 0.29) is 6.09 Å². The van der Waals surface area contributed by atoms with Crippen LogP contribution in [0.1, 0.15) is 32.0 Å². The predicted molar refractivity (Wildman–Crippen MR) is 63.6 cm³/mol. The molecule has 0 bridgehead atoms. The Morgan fingerprint density at radius 1 is 1.47 bits per heavy atom. The minimum absolute atomic E-state index is 0.244. The largest absolute Gasteiger partial charge is 0.444 e. The summed E-state index contributed by atoms with van der Waals surface area (Å²) in [5.74, 6) is 0. The molecule has 5 nitrogen and oxygen atoms in total. The van der Waals surface area contributed by atoms with Crippen LogP contribution >= 0.6 is 0 Å². The highest BCUT2D eigenvalue weighted by Gasteiger charge is 2.26. The molecule has 0 atom stereocenters. The van der Waals surface area contributed by atoms with Crippen LogP contribution in [0.4, 0.5) is 4.79 Å². The highest BCUT2D eigenvalue weighted by atomic mass is 16.6. The van der Waals surface area contributed by atoms with Gasteiger partial charge in [0.05, 0.1) is 12.7 Å². The number of nitrogens with zero attached hydrogens (tertiary/aromatic N) is 3. The summed E-state index contributed by atoms with van der Waals surface area (Å²) in [4.78, 5) is 13.6. The second-order valence-electron chi connectivity index (χ2n) is 5.39. The van der Waals surface area contributed by atoms with E-state index in [1.165, 1.54) is 5.69 Å². The average Bonchev–Trinajstić information content (AvgIpc) is 2.57. The molecule has 0 saturated heterocycles. The molecule has 0 fully saturated rings. The zero-order valence-corrected chi connectivity index (χ0v) is 10.9. The first kappa shape index (κ1) is 12.0. The Kier molecular flexibility index (Phi) is 2.85. The minimum Gasteiger partial charge on any atom is -0.444 e. The van der Waals surface area contributed by atoms with Gasteiger partial charge < -0.3 is 9.64 Å². The van der Waals surface area contributed by atoms with E-state index >= 15 is 0 Å². The lowest BCUT2D eigenvalue weighted by Crippen LogP contribution is -2.40. The van der Waals surface area contributed by atoms with Crippen LogP contribution in [-0.2, 0) is 24.8 Å². The second-order valence-corrected chi connectivity index (χ2v) is 5.39. The number of amides is 1. The van der Waals surface area contributed by atoms with Crippen molar-refractivity contribution in [3.05, 3.63) is 17.5 Å². The van der Waals surface area contributed by atoms with E-state index in [0.29, 0.717) is 13.1 Å². The Bertz CT molecular complexity index is 431. The number of aryl methyl sites for hydroxylation is 1. The van der Waals surface area contributed by atoms with Crippen LogP contribution in [0.2, 0.25) is 0 Å². The third-order valence-corrected chi connectivity index (χ3v) is 2.78. The minimum atomic E-state index is -0.438. The molecule has 1 aliphatic heterocycles. The molecule has 2 rings (SSSR count).